The molecule has 0 saturated carbocycles. The maximum Gasteiger partial charge on any atom is 0.310 e. The predicted octanol–water partition coefficient (Wildman–Crippen LogP) is 1.98. The zero-order valence-corrected chi connectivity index (χ0v) is 11.8. The lowest BCUT2D eigenvalue weighted by Crippen LogP contribution is -2.34. The number of aliphatic carboxylic acids is 1. The number of carboxylic acids is 1. The van der Waals surface area contributed by atoms with E-state index in [9.17, 15) is 9.90 Å². The fourth-order valence-electron chi connectivity index (χ4n) is 3.07. The molecule has 5 nitrogen and oxygen atoms in total. The number of carboxylic acid groups (broad SMARTS) is 1. The molecule has 106 valence electrons. The van der Waals surface area contributed by atoms with Gasteiger partial charge in [0.1, 0.15) is 0 Å². The van der Waals surface area contributed by atoms with E-state index in [1.807, 2.05) is 16.9 Å². The van der Waals surface area contributed by atoms with Crippen molar-refractivity contribution in [2.75, 3.05) is 13.1 Å². The second-order valence-electron chi connectivity index (χ2n) is 5.43. The number of aromatic nitrogens is 2. The molecular formula is C14H23N3O2. The van der Waals surface area contributed by atoms with Gasteiger partial charge < -0.3 is 5.11 Å². The number of carbonyl (C=O) groups is 1. The Morgan fingerprint density at radius 3 is 2.95 bits per heavy atom. The van der Waals surface area contributed by atoms with Crippen molar-refractivity contribution in [1.29, 1.82) is 0 Å². The molecule has 0 aromatic carbocycles. The molecule has 1 atom stereocenters. The van der Waals surface area contributed by atoms with Gasteiger partial charge in [-0.2, -0.15) is 5.10 Å². The van der Waals surface area contributed by atoms with Crippen LogP contribution in [0.1, 0.15) is 38.8 Å². The first-order valence-electron chi connectivity index (χ1n) is 7.07. The monoisotopic (exact) mass is 265 g/mol. The van der Waals surface area contributed by atoms with Gasteiger partial charge in [-0.1, -0.05) is 13.3 Å². The third-order valence-electron chi connectivity index (χ3n) is 4.10. The van der Waals surface area contributed by atoms with Crippen molar-refractivity contribution in [2.24, 2.45) is 5.41 Å². The topological polar surface area (TPSA) is 58.4 Å². The van der Waals surface area contributed by atoms with Gasteiger partial charge in [-0.25, -0.2) is 0 Å². The lowest BCUT2D eigenvalue weighted by atomic mass is 9.83. The number of nitrogens with zero attached hydrogens (tertiary/aromatic N) is 3. The summed E-state index contributed by atoms with van der Waals surface area (Å²) >= 11 is 0. The summed E-state index contributed by atoms with van der Waals surface area (Å²) in [6, 6.07) is 2.02. The highest BCUT2D eigenvalue weighted by atomic mass is 16.4. The third kappa shape index (κ3) is 2.81. The van der Waals surface area contributed by atoms with Gasteiger partial charge in [0.05, 0.1) is 11.1 Å². The summed E-state index contributed by atoms with van der Waals surface area (Å²) in [5, 5.41) is 13.8. The van der Waals surface area contributed by atoms with Gasteiger partial charge in [0.15, 0.2) is 0 Å². The highest BCUT2D eigenvalue weighted by molar-refractivity contribution is 5.75. The Kier molecular flexibility index (Phi) is 4.24. The number of likely N-dealkylation sites (tertiary alicyclic amines) is 1. The Labute approximate surface area is 114 Å². The predicted molar refractivity (Wildman–Crippen MR) is 72.8 cm³/mol. The van der Waals surface area contributed by atoms with E-state index in [0.29, 0.717) is 6.54 Å². The fourth-order valence-corrected chi connectivity index (χ4v) is 3.07. The smallest absolute Gasteiger partial charge is 0.310 e. The van der Waals surface area contributed by atoms with Gasteiger partial charge in [0, 0.05) is 25.8 Å². The number of rotatable bonds is 6. The summed E-state index contributed by atoms with van der Waals surface area (Å²) in [4.78, 5) is 13.8. The highest BCUT2D eigenvalue weighted by Crippen LogP contribution is 2.36. The van der Waals surface area contributed by atoms with Crippen molar-refractivity contribution in [3.05, 3.63) is 18.0 Å². The Morgan fingerprint density at radius 1 is 1.53 bits per heavy atom. The summed E-state index contributed by atoms with van der Waals surface area (Å²) in [5.74, 6) is -0.638. The lowest BCUT2D eigenvalue weighted by molar-refractivity contribution is -0.148. The molecule has 1 saturated heterocycles. The quantitative estimate of drug-likeness (QED) is 0.854. The van der Waals surface area contributed by atoms with Crippen molar-refractivity contribution in [2.45, 2.75) is 46.2 Å². The molecule has 2 heterocycles. The number of aryl methyl sites for hydroxylation is 1. The van der Waals surface area contributed by atoms with Crippen LogP contribution in [0.2, 0.25) is 0 Å². The zero-order valence-electron chi connectivity index (χ0n) is 11.8. The van der Waals surface area contributed by atoms with Crippen LogP contribution in [-0.4, -0.2) is 38.8 Å². The molecule has 1 aromatic rings. The maximum absolute atomic E-state index is 11.5. The lowest BCUT2D eigenvalue weighted by Gasteiger charge is -2.24. The molecule has 0 spiro atoms. The molecule has 1 aliphatic heterocycles. The molecule has 0 aliphatic carbocycles. The standard InChI is InChI=1S/C14H23N3O2/c1-3-6-14(13(18)19)7-9-16(11-14)10-12-5-8-15-17(12)4-2/h5,8H,3-4,6-7,9-11H2,1-2H3,(H,18,19). The van der Waals surface area contributed by atoms with Crippen LogP contribution in [0.5, 0.6) is 0 Å². The van der Waals surface area contributed by atoms with Crippen LogP contribution in [0.3, 0.4) is 0 Å². The second-order valence-corrected chi connectivity index (χ2v) is 5.43. The molecule has 0 amide bonds. The van der Waals surface area contributed by atoms with Crippen LogP contribution >= 0.6 is 0 Å². The number of hydrogen-bond acceptors (Lipinski definition) is 3. The molecule has 5 heteroatoms. The highest BCUT2D eigenvalue weighted by Gasteiger charge is 2.43. The van der Waals surface area contributed by atoms with E-state index in [1.165, 1.54) is 5.69 Å². The van der Waals surface area contributed by atoms with Crippen LogP contribution in [-0.2, 0) is 17.9 Å². The minimum Gasteiger partial charge on any atom is -0.481 e. The molecule has 19 heavy (non-hydrogen) atoms. The van der Waals surface area contributed by atoms with Crippen molar-refractivity contribution in [1.82, 2.24) is 14.7 Å². The summed E-state index contributed by atoms with van der Waals surface area (Å²) in [7, 11) is 0. The summed E-state index contributed by atoms with van der Waals surface area (Å²) < 4.78 is 1.97. The van der Waals surface area contributed by atoms with E-state index in [-0.39, 0.29) is 0 Å². The molecule has 1 aromatic heterocycles. The largest absolute Gasteiger partial charge is 0.481 e. The van der Waals surface area contributed by atoms with Gasteiger partial charge >= 0.3 is 5.97 Å². The Hall–Kier alpha value is -1.36. The molecule has 1 fully saturated rings. The zero-order chi connectivity index (χ0) is 13.9. The minimum atomic E-state index is -0.638. The molecular weight excluding hydrogens is 242 g/mol. The van der Waals surface area contributed by atoms with Crippen LogP contribution in [0.25, 0.3) is 0 Å². The SMILES string of the molecule is CCCC1(C(=O)O)CCN(Cc2ccnn2CC)C1. The fraction of sp³-hybridized carbons (Fsp3) is 0.714. The van der Waals surface area contributed by atoms with Gasteiger partial charge in [0.25, 0.3) is 0 Å². The number of hydrogen-bond donors (Lipinski definition) is 1. The first kappa shape index (κ1) is 14.1. The van der Waals surface area contributed by atoms with Crippen LogP contribution in [0.4, 0.5) is 0 Å². The molecule has 1 unspecified atom stereocenters. The van der Waals surface area contributed by atoms with Crippen molar-refractivity contribution in [3.63, 3.8) is 0 Å². The van der Waals surface area contributed by atoms with Crippen molar-refractivity contribution >= 4 is 5.97 Å². The normalized spacial score (nSPS) is 23.9. The maximum atomic E-state index is 11.5. The van der Waals surface area contributed by atoms with Crippen molar-refractivity contribution < 1.29 is 9.90 Å². The summed E-state index contributed by atoms with van der Waals surface area (Å²) in [6.45, 7) is 7.30. The van der Waals surface area contributed by atoms with Crippen LogP contribution in [0, 0.1) is 5.41 Å². The molecule has 1 N–H and O–H groups in total. The van der Waals surface area contributed by atoms with Crippen LogP contribution < -0.4 is 0 Å². The van der Waals surface area contributed by atoms with E-state index in [1.54, 1.807) is 0 Å². The van der Waals surface area contributed by atoms with E-state index in [4.69, 9.17) is 0 Å². The summed E-state index contributed by atoms with van der Waals surface area (Å²) in [6.07, 6.45) is 4.26. The van der Waals surface area contributed by atoms with Gasteiger partial charge in [-0.3, -0.25) is 14.4 Å². The molecule has 0 radical (unpaired) electrons. The first-order chi connectivity index (χ1) is 9.11. The molecule has 0 bridgehead atoms. The van der Waals surface area contributed by atoms with E-state index >= 15 is 0 Å². The van der Waals surface area contributed by atoms with E-state index in [2.05, 4.69) is 23.8 Å². The van der Waals surface area contributed by atoms with Gasteiger partial charge in [-0.15, -0.1) is 0 Å². The van der Waals surface area contributed by atoms with E-state index in [0.717, 1.165) is 38.9 Å². The Bertz CT molecular complexity index is 444. The molecule has 2 rings (SSSR count). The molecule has 1 aliphatic rings. The Morgan fingerprint density at radius 2 is 2.32 bits per heavy atom. The van der Waals surface area contributed by atoms with Crippen LogP contribution in [0.15, 0.2) is 12.3 Å². The second kappa shape index (κ2) is 5.74. The first-order valence-corrected chi connectivity index (χ1v) is 7.07. The van der Waals surface area contributed by atoms with Gasteiger partial charge in [-0.05, 0) is 32.4 Å². The third-order valence-corrected chi connectivity index (χ3v) is 4.10. The summed E-state index contributed by atoms with van der Waals surface area (Å²) in [5.41, 5.74) is 0.631. The van der Waals surface area contributed by atoms with E-state index < -0.39 is 11.4 Å². The average Bonchev–Trinajstić information content (AvgIpc) is 2.98. The van der Waals surface area contributed by atoms with Crippen molar-refractivity contribution in [3.8, 4) is 0 Å². The average molecular weight is 265 g/mol. The minimum absolute atomic E-state index is 0.536. The Balaban J connectivity index is 2.03. The van der Waals surface area contributed by atoms with Gasteiger partial charge in [0.2, 0.25) is 0 Å².